The fourth-order valence-corrected chi connectivity index (χ4v) is 5.66. The molecule has 1 amide bonds. The van der Waals surface area contributed by atoms with Gasteiger partial charge in [-0.1, -0.05) is 54.6 Å². The fourth-order valence-electron chi connectivity index (χ4n) is 5.66. The molecule has 0 aliphatic carbocycles. The largest absolute Gasteiger partial charge is 0.384 e. The van der Waals surface area contributed by atoms with Crippen LogP contribution in [0.5, 0.6) is 0 Å². The van der Waals surface area contributed by atoms with Gasteiger partial charge in [-0.2, -0.15) is 0 Å². The minimum absolute atomic E-state index is 0.457. The average Bonchev–Trinajstić information content (AvgIpc) is 3.36. The van der Waals surface area contributed by atoms with Crippen molar-refractivity contribution in [1.82, 2.24) is 14.5 Å². The van der Waals surface area contributed by atoms with Crippen LogP contribution in [-0.4, -0.2) is 27.0 Å². The number of nitrogens with two attached hydrogens (primary N) is 1. The molecule has 6 nitrogen and oxygen atoms in total. The van der Waals surface area contributed by atoms with Crippen LogP contribution in [0.2, 0.25) is 0 Å². The van der Waals surface area contributed by atoms with Crippen molar-refractivity contribution in [3.8, 4) is 16.8 Å². The number of benzene rings is 4. The molecule has 0 spiro atoms. The van der Waals surface area contributed by atoms with Crippen LogP contribution < -0.4 is 11.1 Å². The summed E-state index contributed by atoms with van der Waals surface area (Å²) < 4.78 is 2.25. The molecule has 0 unspecified atom stereocenters. The minimum Gasteiger partial charge on any atom is -0.384 e. The Morgan fingerprint density at radius 3 is 2.51 bits per heavy atom. The molecule has 3 N–H and O–H groups in total. The van der Waals surface area contributed by atoms with E-state index < -0.39 is 5.91 Å². The molecule has 0 aliphatic rings. The lowest BCUT2D eigenvalue weighted by Gasteiger charge is -2.14. The van der Waals surface area contributed by atoms with Crippen molar-refractivity contribution >= 4 is 44.3 Å². The highest BCUT2D eigenvalue weighted by Gasteiger charge is 2.18. The zero-order valence-corrected chi connectivity index (χ0v) is 22.3. The maximum Gasteiger partial charge on any atom is 0.250 e. The molecule has 0 fully saturated rings. The third-order valence-electron chi connectivity index (χ3n) is 7.55. The number of primary amides is 1. The number of nitrogens with zero attached hydrogens (tertiary/aromatic N) is 3. The van der Waals surface area contributed by atoms with Crippen molar-refractivity contribution in [2.24, 2.45) is 5.73 Å². The van der Waals surface area contributed by atoms with Crippen molar-refractivity contribution < 1.29 is 4.79 Å². The first-order chi connectivity index (χ1) is 20.2. The predicted molar refractivity (Wildman–Crippen MR) is 166 cm³/mol. The van der Waals surface area contributed by atoms with E-state index in [0.29, 0.717) is 17.8 Å². The number of nitrogens with one attached hydrogen (secondary N) is 1. The average molecular weight is 534 g/mol. The van der Waals surface area contributed by atoms with E-state index in [2.05, 4.69) is 69.5 Å². The van der Waals surface area contributed by atoms with Crippen molar-refractivity contribution in [2.45, 2.75) is 6.42 Å². The lowest BCUT2D eigenvalue weighted by Crippen LogP contribution is -2.16. The highest BCUT2D eigenvalue weighted by Crippen LogP contribution is 2.39. The topological polar surface area (TPSA) is 85.8 Å². The Balaban J connectivity index is 1.37. The summed E-state index contributed by atoms with van der Waals surface area (Å²) in [6, 6.07) is 36.8. The van der Waals surface area contributed by atoms with Gasteiger partial charge in [0.1, 0.15) is 0 Å². The van der Waals surface area contributed by atoms with Gasteiger partial charge in [0, 0.05) is 64.2 Å². The number of rotatable bonds is 7. The van der Waals surface area contributed by atoms with Gasteiger partial charge in [0.2, 0.25) is 0 Å². The summed E-state index contributed by atoms with van der Waals surface area (Å²) in [6.07, 6.45) is 4.46. The van der Waals surface area contributed by atoms with Crippen LogP contribution in [0.3, 0.4) is 0 Å². The Kier molecular flexibility index (Phi) is 6.13. The van der Waals surface area contributed by atoms with Crippen molar-refractivity contribution in [3.05, 3.63) is 133 Å². The van der Waals surface area contributed by atoms with Crippen LogP contribution in [0.4, 0.5) is 5.69 Å². The van der Waals surface area contributed by atoms with Crippen LogP contribution in [-0.2, 0) is 6.42 Å². The fraction of sp³-hybridized carbons (Fsp3) is 0.0571. The number of pyridine rings is 2. The molecule has 0 saturated heterocycles. The summed E-state index contributed by atoms with van der Waals surface area (Å²) in [5.74, 6) is -0.467. The van der Waals surface area contributed by atoms with Gasteiger partial charge < -0.3 is 15.6 Å². The highest BCUT2D eigenvalue weighted by atomic mass is 16.1. The van der Waals surface area contributed by atoms with Crippen LogP contribution in [0.1, 0.15) is 16.1 Å². The second-order valence-electron chi connectivity index (χ2n) is 10.1. The molecule has 0 radical (unpaired) electrons. The smallest absolute Gasteiger partial charge is 0.250 e. The summed E-state index contributed by atoms with van der Waals surface area (Å²) in [5.41, 5.74) is 14.2. The van der Waals surface area contributed by atoms with Crippen molar-refractivity contribution in [2.75, 3.05) is 11.9 Å². The van der Waals surface area contributed by atoms with Gasteiger partial charge in [0.25, 0.3) is 5.91 Å². The SMILES string of the molecule is NC(=O)c1ccc(-n2c3ccccc3c3c(-c4cnc5ccccc5c4)cccc32)cc1NCCc1ccccn1. The molecule has 7 rings (SSSR count). The molecule has 7 aromatic rings. The third kappa shape index (κ3) is 4.45. The number of hydrogen-bond donors (Lipinski definition) is 2. The first-order valence-electron chi connectivity index (χ1n) is 13.6. The maximum atomic E-state index is 12.3. The van der Waals surface area contributed by atoms with Gasteiger partial charge in [0.05, 0.1) is 22.1 Å². The number of anilines is 1. The van der Waals surface area contributed by atoms with Gasteiger partial charge in [0.15, 0.2) is 0 Å². The van der Waals surface area contributed by atoms with E-state index in [1.807, 2.05) is 54.7 Å². The molecule has 0 atom stereocenters. The van der Waals surface area contributed by atoms with Crippen molar-refractivity contribution in [3.63, 3.8) is 0 Å². The molecular weight excluding hydrogens is 506 g/mol. The van der Waals surface area contributed by atoms with E-state index in [1.165, 1.54) is 0 Å². The van der Waals surface area contributed by atoms with Gasteiger partial charge in [-0.15, -0.1) is 0 Å². The van der Waals surface area contributed by atoms with E-state index >= 15 is 0 Å². The van der Waals surface area contributed by atoms with Crippen molar-refractivity contribution in [1.29, 1.82) is 0 Å². The van der Waals surface area contributed by atoms with Gasteiger partial charge >= 0.3 is 0 Å². The zero-order chi connectivity index (χ0) is 27.8. The second-order valence-corrected chi connectivity index (χ2v) is 10.1. The van der Waals surface area contributed by atoms with E-state index in [0.717, 1.165) is 61.6 Å². The van der Waals surface area contributed by atoms with Gasteiger partial charge in [-0.05, 0) is 60.2 Å². The minimum atomic E-state index is -0.467. The number of carbonyl (C=O) groups is 1. The third-order valence-corrected chi connectivity index (χ3v) is 7.55. The standard InChI is InChI=1S/C35H27N5O/c36-35(41)28-16-15-26(21-31(28)38-19-17-25-9-5-6-18-37-25)40-32-13-4-2-10-29(32)34-27(11-7-14-33(34)40)24-20-23-8-1-3-12-30(23)39-22-24/h1-16,18,20-22,38H,17,19H2,(H2,36,41). The van der Waals surface area contributed by atoms with Crippen LogP contribution in [0.25, 0.3) is 49.5 Å². The number of fused-ring (bicyclic) bond motifs is 4. The summed E-state index contributed by atoms with van der Waals surface area (Å²) >= 11 is 0. The van der Waals surface area contributed by atoms with Crippen LogP contribution in [0, 0.1) is 0 Å². The monoisotopic (exact) mass is 533 g/mol. The molecule has 4 aromatic carbocycles. The number of para-hydroxylation sites is 2. The zero-order valence-electron chi connectivity index (χ0n) is 22.3. The maximum absolute atomic E-state index is 12.3. The Bertz CT molecular complexity index is 2060. The summed E-state index contributed by atoms with van der Waals surface area (Å²) in [5, 5.41) is 6.84. The Morgan fingerprint density at radius 1 is 0.805 bits per heavy atom. The molecule has 0 aliphatic heterocycles. The molecule has 6 heteroatoms. The normalized spacial score (nSPS) is 11.3. The predicted octanol–water partition coefficient (Wildman–Crippen LogP) is 7.15. The molecule has 0 bridgehead atoms. The number of hydrogen-bond acceptors (Lipinski definition) is 4. The second kappa shape index (κ2) is 10.2. The molecule has 3 heterocycles. The van der Waals surface area contributed by atoms with E-state index in [-0.39, 0.29) is 0 Å². The Labute approximate surface area is 237 Å². The lowest BCUT2D eigenvalue weighted by atomic mass is 9.99. The first kappa shape index (κ1) is 24.5. The summed E-state index contributed by atoms with van der Waals surface area (Å²) in [7, 11) is 0. The van der Waals surface area contributed by atoms with Gasteiger partial charge in [-0.25, -0.2) is 0 Å². The Hall–Kier alpha value is -5.49. The number of aromatic nitrogens is 3. The summed E-state index contributed by atoms with van der Waals surface area (Å²) in [4.78, 5) is 21.5. The quantitative estimate of drug-likeness (QED) is 0.228. The number of carbonyl (C=O) groups excluding carboxylic acids is 1. The Morgan fingerprint density at radius 2 is 1.63 bits per heavy atom. The van der Waals surface area contributed by atoms with E-state index in [9.17, 15) is 4.79 Å². The van der Waals surface area contributed by atoms with Crippen LogP contribution >= 0.6 is 0 Å². The lowest BCUT2D eigenvalue weighted by molar-refractivity contribution is 0.100. The van der Waals surface area contributed by atoms with E-state index in [4.69, 9.17) is 10.7 Å². The molecule has 41 heavy (non-hydrogen) atoms. The molecule has 3 aromatic heterocycles. The molecule has 198 valence electrons. The molecular formula is C35H27N5O. The van der Waals surface area contributed by atoms with Crippen LogP contribution in [0.15, 0.2) is 122 Å². The first-order valence-corrected chi connectivity index (χ1v) is 13.6. The molecule has 0 saturated carbocycles. The summed E-state index contributed by atoms with van der Waals surface area (Å²) in [6.45, 7) is 0.618. The highest BCUT2D eigenvalue weighted by molar-refractivity contribution is 6.16. The number of amides is 1. The van der Waals surface area contributed by atoms with E-state index in [1.54, 1.807) is 12.3 Å². The van der Waals surface area contributed by atoms with Gasteiger partial charge in [-0.3, -0.25) is 14.8 Å².